The van der Waals surface area contributed by atoms with Gasteiger partial charge in [-0.25, -0.2) is 0 Å². The van der Waals surface area contributed by atoms with E-state index in [1.807, 2.05) is 42.5 Å². The number of rotatable bonds is 7. The number of nitrogens with zero attached hydrogens (tertiary/aromatic N) is 2. The second-order valence-electron chi connectivity index (χ2n) is 6.45. The summed E-state index contributed by atoms with van der Waals surface area (Å²) in [5.41, 5.74) is 0.660. The summed E-state index contributed by atoms with van der Waals surface area (Å²) in [4.78, 5) is 16.7. The molecule has 0 saturated carbocycles. The third kappa shape index (κ3) is 6.50. The molecule has 2 aromatic rings. The maximum atomic E-state index is 12.2. The highest BCUT2D eigenvalue weighted by Gasteiger charge is 2.19. The van der Waals surface area contributed by atoms with Crippen molar-refractivity contribution in [1.82, 2.24) is 9.80 Å². The molecule has 3 rings (SSSR count). The van der Waals surface area contributed by atoms with Crippen molar-refractivity contribution in [3.05, 3.63) is 58.0 Å². The van der Waals surface area contributed by atoms with Crippen LogP contribution in [0.1, 0.15) is 0 Å². The fourth-order valence-electron chi connectivity index (χ4n) is 2.98. The van der Waals surface area contributed by atoms with Crippen molar-refractivity contribution in [3.63, 3.8) is 0 Å². The average molecular weight is 453 g/mol. The number of nitrogens with one attached hydrogen (secondary N) is 1. The van der Waals surface area contributed by atoms with Gasteiger partial charge >= 0.3 is 0 Å². The van der Waals surface area contributed by atoms with Crippen LogP contribution in [0, 0.1) is 0 Å². The zero-order valence-corrected chi connectivity index (χ0v) is 17.4. The van der Waals surface area contributed by atoms with Crippen molar-refractivity contribution in [2.24, 2.45) is 0 Å². The number of ether oxygens (including phenoxy) is 1. The molecule has 1 amide bonds. The molecule has 1 saturated heterocycles. The quantitative estimate of drug-likeness (QED) is 0.695. The molecule has 0 atom stereocenters. The number of halogens is 2. The SMILES string of the molecule is O=C(CN1CCN(CCOc2cccc(Br)c2)CC1)Nc1ccccc1Cl. The molecule has 0 unspecified atom stereocenters. The van der Waals surface area contributed by atoms with Crippen molar-refractivity contribution in [1.29, 1.82) is 0 Å². The van der Waals surface area contributed by atoms with Crippen LogP contribution >= 0.6 is 27.5 Å². The highest BCUT2D eigenvalue weighted by atomic mass is 79.9. The Bertz CT molecular complexity index is 766. The fraction of sp³-hybridized carbons (Fsp3) is 0.350. The molecule has 0 aliphatic carbocycles. The lowest BCUT2D eigenvalue weighted by atomic mass is 10.3. The van der Waals surface area contributed by atoms with Gasteiger partial charge in [0.25, 0.3) is 0 Å². The topological polar surface area (TPSA) is 44.8 Å². The predicted molar refractivity (Wildman–Crippen MR) is 113 cm³/mol. The zero-order chi connectivity index (χ0) is 19.1. The van der Waals surface area contributed by atoms with E-state index in [0.717, 1.165) is 42.9 Å². The summed E-state index contributed by atoms with van der Waals surface area (Å²) in [6.45, 7) is 5.52. The molecular weight excluding hydrogens is 430 g/mol. The summed E-state index contributed by atoms with van der Waals surface area (Å²) in [7, 11) is 0. The first kappa shape index (κ1) is 20.1. The van der Waals surface area contributed by atoms with Gasteiger partial charge in [0.2, 0.25) is 5.91 Å². The van der Waals surface area contributed by atoms with Crippen LogP contribution in [-0.4, -0.2) is 61.6 Å². The predicted octanol–water partition coefficient (Wildman–Crippen LogP) is 3.74. The molecule has 1 fully saturated rings. The third-order valence-electron chi connectivity index (χ3n) is 4.45. The van der Waals surface area contributed by atoms with Crippen LogP contribution in [0.4, 0.5) is 5.69 Å². The van der Waals surface area contributed by atoms with Crippen LogP contribution in [-0.2, 0) is 4.79 Å². The molecule has 27 heavy (non-hydrogen) atoms. The molecule has 0 radical (unpaired) electrons. The molecule has 1 N–H and O–H groups in total. The maximum absolute atomic E-state index is 12.2. The molecule has 1 aliphatic rings. The van der Waals surface area contributed by atoms with Gasteiger partial charge in [-0.1, -0.05) is 45.7 Å². The van der Waals surface area contributed by atoms with Crippen molar-refractivity contribution in [2.45, 2.75) is 0 Å². The monoisotopic (exact) mass is 451 g/mol. The Morgan fingerprint density at radius 1 is 1.07 bits per heavy atom. The molecule has 1 aliphatic heterocycles. The molecular formula is C20H23BrClN3O2. The Balaban J connectivity index is 1.35. The van der Waals surface area contributed by atoms with Gasteiger partial charge in [-0.15, -0.1) is 0 Å². The smallest absolute Gasteiger partial charge is 0.238 e. The molecule has 5 nitrogen and oxygen atoms in total. The average Bonchev–Trinajstić information content (AvgIpc) is 2.65. The van der Waals surface area contributed by atoms with E-state index in [-0.39, 0.29) is 5.91 Å². The standard InChI is InChI=1S/C20H23BrClN3O2/c21-16-4-3-5-17(14-16)27-13-12-24-8-10-25(11-9-24)15-20(26)23-19-7-2-1-6-18(19)22/h1-7,14H,8-13,15H2,(H,23,26). The zero-order valence-electron chi connectivity index (χ0n) is 15.0. The van der Waals surface area contributed by atoms with Gasteiger partial charge in [0.1, 0.15) is 12.4 Å². The van der Waals surface area contributed by atoms with E-state index in [1.165, 1.54) is 0 Å². The summed E-state index contributed by atoms with van der Waals surface area (Å²) >= 11 is 9.53. The summed E-state index contributed by atoms with van der Waals surface area (Å²) in [6.07, 6.45) is 0. The Morgan fingerprint density at radius 2 is 1.81 bits per heavy atom. The van der Waals surface area contributed by atoms with Gasteiger partial charge in [-0.3, -0.25) is 14.6 Å². The molecule has 0 spiro atoms. The van der Waals surface area contributed by atoms with E-state index in [9.17, 15) is 4.79 Å². The van der Waals surface area contributed by atoms with E-state index < -0.39 is 0 Å². The van der Waals surface area contributed by atoms with E-state index in [2.05, 4.69) is 31.0 Å². The molecule has 0 bridgehead atoms. The number of carbonyl (C=O) groups excluding carboxylic acids is 1. The Labute approximate surface area is 173 Å². The number of carbonyl (C=O) groups is 1. The number of para-hydroxylation sites is 1. The minimum absolute atomic E-state index is 0.0328. The second kappa shape index (κ2) is 10.1. The third-order valence-corrected chi connectivity index (χ3v) is 5.28. The van der Waals surface area contributed by atoms with Crippen LogP contribution in [0.2, 0.25) is 5.02 Å². The summed E-state index contributed by atoms with van der Waals surface area (Å²) < 4.78 is 6.81. The summed E-state index contributed by atoms with van der Waals surface area (Å²) in [6, 6.07) is 15.2. The Kier molecular flexibility index (Phi) is 7.52. The Morgan fingerprint density at radius 3 is 2.56 bits per heavy atom. The van der Waals surface area contributed by atoms with Crippen molar-refractivity contribution >= 4 is 39.1 Å². The number of benzene rings is 2. The van der Waals surface area contributed by atoms with Crippen LogP contribution in [0.15, 0.2) is 53.0 Å². The van der Waals surface area contributed by atoms with Crippen molar-refractivity contribution in [3.8, 4) is 5.75 Å². The van der Waals surface area contributed by atoms with Gasteiger partial charge in [-0.2, -0.15) is 0 Å². The molecule has 2 aromatic carbocycles. The van der Waals surface area contributed by atoms with Gasteiger partial charge in [0, 0.05) is 37.2 Å². The minimum atomic E-state index is -0.0328. The molecule has 144 valence electrons. The number of hydrogen-bond acceptors (Lipinski definition) is 4. The lowest BCUT2D eigenvalue weighted by Gasteiger charge is -2.34. The number of hydrogen-bond donors (Lipinski definition) is 1. The van der Waals surface area contributed by atoms with Gasteiger partial charge in [-0.05, 0) is 30.3 Å². The molecule has 7 heteroatoms. The van der Waals surface area contributed by atoms with Crippen LogP contribution < -0.4 is 10.1 Å². The first-order valence-corrected chi connectivity index (χ1v) is 10.1. The highest BCUT2D eigenvalue weighted by Crippen LogP contribution is 2.20. The van der Waals surface area contributed by atoms with Crippen molar-refractivity contribution < 1.29 is 9.53 Å². The van der Waals surface area contributed by atoms with Crippen LogP contribution in [0.5, 0.6) is 5.75 Å². The number of amides is 1. The normalized spacial score (nSPS) is 15.5. The van der Waals surface area contributed by atoms with Crippen molar-refractivity contribution in [2.75, 3.05) is 51.2 Å². The fourth-order valence-corrected chi connectivity index (χ4v) is 3.54. The molecule has 0 aromatic heterocycles. The van der Waals surface area contributed by atoms with E-state index in [4.69, 9.17) is 16.3 Å². The number of piperazine rings is 1. The van der Waals surface area contributed by atoms with E-state index in [0.29, 0.717) is 23.9 Å². The van der Waals surface area contributed by atoms with Gasteiger partial charge < -0.3 is 10.1 Å². The summed E-state index contributed by atoms with van der Waals surface area (Å²) in [5, 5.41) is 3.43. The minimum Gasteiger partial charge on any atom is -0.492 e. The number of anilines is 1. The summed E-state index contributed by atoms with van der Waals surface area (Å²) in [5.74, 6) is 0.841. The van der Waals surface area contributed by atoms with Crippen LogP contribution in [0.3, 0.4) is 0 Å². The highest BCUT2D eigenvalue weighted by molar-refractivity contribution is 9.10. The Hall–Kier alpha value is -1.60. The van der Waals surface area contributed by atoms with Gasteiger partial charge in [0.15, 0.2) is 0 Å². The van der Waals surface area contributed by atoms with Gasteiger partial charge in [0.05, 0.1) is 17.3 Å². The van der Waals surface area contributed by atoms with E-state index in [1.54, 1.807) is 6.07 Å². The molecule has 1 heterocycles. The largest absolute Gasteiger partial charge is 0.492 e. The lowest BCUT2D eigenvalue weighted by Crippen LogP contribution is -2.49. The lowest BCUT2D eigenvalue weighted by molar-refractivity contribution is -0.117. The first-order valence-electron chi connectivity index (χ1n) is 8.97. The maximum Gasteiger partial charge on any atom is 0.238 e. The van der Waals surface area contributed by atoms with E-state index >= 15 is 0 Å². The second-order valence-corrected chi connectivity index (χ2v) is 7.77. The first-order chi connectivity index (χ1) is 13.1. The van der Waals surface area contributed by atoms with Crippen LogP contribution in [0.25, 0.3) is 0 Å².